The van der Waals surface area contributed by atoms with Crippen LogP contribution < -0.4 is 4.74 Å². The smallest absolute Gasteiger partial charge is 0.168 e. The molecule has 0 aliphatic heterocycles. The van der Waals surface area contributed by atoms with Crippen molar-refractivity contribution in [1.82, 2.24) is 19.6 Å². The Balaban J connectivity index is 1.64. The highest BCUT2D eigenvalue weighted by atomic mass is 19.1. The van der Waals surface area contributed by atoms with Crippen molar-refractivity contribution >= 4 is 11.4 Å². The molecule has 0 saturated carbocycles. The maximum absolute atomic E-state index is 14.3. The number of ether oxygens (including phenoxy) is 1. The van der Waals surface area contributed by atoms with E-state index in [1.165, 1.54) is 6.07 Å². The number of hydrogen-bond donors (Lipinski definition) is 0. The third-order valence-corrected chi connectivity index (χ3v) is 5.37. The van der Waals surface area contributed by atoms with Crippen LogP contribution in [0.1, 0.15) is 30.2 Å². The first-order valence-corrected chi connectivity index (χ1v) is 10.2. The monoisotopic (exact) mass is 418 g/mol. The van der Waals surface area contributed by atoms with Crippen molar-refractivity contribution in [3.63, 3.8) is 0 Å². The van der Waals surface area contributed by atoms with Gasteiger partial charge in [0.1, 0.15) is 23.7 Å². The van der Waals surface area contributed by atoms with Crippen LogP contribution in [0.3, 0.4) is 0 Å². The van der Waals surface area contributed by atoms with Gasteiger partial charge in [-0.15, -0.1) is 10.2 Å². The molecule has 0 atom stereocenters. The zero-order valence-corrected chi connectivity index (χ0v) is 17.5. The molecule has 3 heterocycles. The van der Waals surface area contributed by atoms with E-state index in [0.717, 1.165) is 22.4 Å². The molecule has 6 nitrogen and oxygen atoms in total. The largest absolute Gasteiger partial charge is 0.496 e. The van der Waals surface area contributed by atoms with Crippen LogP contribution in [0.15, 0.2) is 55.1 Å². The summed E-state index contributed by atoms with van der Waals surface area (Å²) in [4.78, 5) is 16.1. The van der Waals surface area contributed by atoms with Gasteiger partial charge in [0.25, 0.3) is 0 Å². The number of nitrogens with zero attached hydrogens (tertiary/aromatic N) is 4. The maximum atomic E-state index is 14.3. The van der Waals surface area contributed by atoms with Gasteiger partial charge in [0.15, 0.2) is 5.65 Å². The summed E-state index contributed by atoms with van der Waals surface area (Å²) < 4.78 is 21.5. The lowest BCUT2D eigenvalue weighted by Crippen LogP contribution is -2.04. The first-order chi connectivity index (χ1) is 15.1. The Morgan fingerprint density at radius 2 is 2.03 bits per heavy atom. The molecule has 0 unspecified atom stereocenters. The summed E-state index contributed by atoms with van der Waals surface area (Å²) in [5.41, 5.74) is 4.83. The Kier molecular flexibility index (Phi) is 6.02. The molecule has 0 radical (unpaired) electrons. The minimum absolute atomic E-state index is 0.172. The second-order valence-electron chi connectivity index (χ2n) is 7.33. The van der Waals surface area contributed by atoms with E-state index in [0.29, 0.717) is 42.6 Å². The fourth-order valence-corrected chi connectivity index (χ4v) is 3.70. The Hall–Kier alpha value is -3.61. The second kappa shape index (κ2) is 9.04. The van der Waals surface area contributed by atoms with E-state index in [4.69, 9.17) is 4.74 Å². The van der Waals surface area contributed by atoms with Crippen LogP contribution in [0.2, 0.25) is 0 Å². The molecule has 0 spiro atoms. The molecule has 4 aromatic rings. The molecule has 158 valence electrons. The van der Waals surface area contributed by atoms with E-state index in [-0.39, 0.29) is 11.6 Å². The van der Waals surface area contributed by atoms with E-state index in [1.54, 1.807) is 38.0 Å². The van der Waals surface area contributed by atoms with Crippen molar-refractivity contribution in [2.24, 2.45) is 0 Å². The second-order valence-corrected chi connectivity index (χ2v) is 7.33. The summed E-state index contributed by atoms with van der Waals surface area (Å²) in [7, 11) is 1.54. The number of aryl methyl sites for hydroxylation is 1. The Morgan fingerprint density at radius 3 is 2.84 bits per heavy atom. The Morgan fingerprint density at radius 1 is 1.16 bits per heavy atom. The topological polar surface area (TPSA) is 69.4 Å². The highest BCUT2D eigenvalue weighted by Gasteiger charge is 2.14. The van der Waals surface area contributed by atoms with Gasteiger partial charge < -0.3 is 4.74 Å². The minimum Gasteiger partial charge on any atom is -0.496 e. The Labute approximate surface area is 179 Å². The molecule has 1 aromatic carbocycles. The van der Waals surface area contributed by atoms with E-state index >= 15 is 0 Å². The number of benzene rings is 1. The normalized spacial score (nSPS) is 11.1. The summed E-state index contributed by atoms with van der Waals surface area (Å²) in [6, 6.07) is 10.8. The van der Waals surface area contributed by atoms with Crippen LogP contribution in [0, 0.1) is 5.82 Å². The molecular weight excluding hydrogens is 395 g/mol. The van der Waals surface area contributed by atoms with Crippen molar-refractivity contribution < 1.29 is 13.9 Å². The highest BCUT2D eigenvalue weighted by molar-refractivity contribution is 5.82. The number of hydrogen-bond acceptors (Lipinski definition) is 5. The molecule has 0 aliphatic carbocycles. The van der Waals surface area contributed by atoms with E-state index in [2.05, 4.69) is 15.2 Å². The summed E-state index contributed by atoms with van der Waals surface area (Å²) >= 11 is 0. The van der Waals surface area contributed by atoms with Crippen LogP contribution in [-0.4, -0.2) is 32.5 Å². The number of carbonyl (C=O) groups is 1. The molecule has 4 rings (SSSR count). The highest BCUT2D eigenvalue weighted by Crippen LogP contribution is 2.27. The van der Waals surface area contributed by atoms with Crippen molar-refractivity contribution in [3.8, 4) is 16.9 Å². The quantitative estimate of drug-likeness (QED) is 0.428. The van der Waals surface area contributed by atoms with Crippen LogP contribution in [0.5, 0.6) is 5.75 Å². The fourth-order valence-electron chi connectivity index (χ4n) is 3.70. The SMILES string of the molecule is CCC(=O)Cc1cncc(-c2ccc(CCc3c(F)cccc3OC)n3cnnc23)c1. The van der Waals surface area contributed by atoms with Gasteiger partial charge in [0.05, 0.1) is 7.11 Å². The van der Waals surface area contributed by atoms with Crippen LogP contribution in [-0.2, 0) is 24.1 Å². The van der Waals surface area contributed by atoms with Gasteiger partial charge in [0, 0.05) is 47.6 Å². The standard InChI is InChI=1S/C24H23FN4O2/c1-3-19(30)12-16-11-17(14-26-13-16)20-9-7-18(29-15-27-28-24(20)29)8-10-21-22(25)5-4-6-23(21)31-2/h4-7,9,11,13-15H,3,8,10,12H2,1-2H3. The van der Waals surface area contributed by atoms with Crippen molar-refractivity contribution in [2.75, 3.05) is 7.11 Å². The number of carbonyl (C=O) groups excluding carboxylic acids is 1. The molecule has 0 N–H and O–H groups in total. The number of aromatic nitrogens is 4. The number of fused-ring (bicyclic) bond motifs is 1. The maximum Gasteiger partial charge on any atom is 0.168 e. The molecular formula is C24H23FN4O2. The lowest BCUT2D eigenvalue weighted by Gasteiger charge is -2.12. The van der Waals surface area contributed by atoms with Gasteiger partial charge in [-0.1, -0.05) is 13.0 Å². The van der Waals surface area contributed by atoms with E-state index in [1.807, 2.05) is 29.5 Å². The molecule has 0 amide bonds. The first-order valence-electron chi connectivity index (χ1n) is 10.2. The lowest BCUT2D eigenvalue weighted by atomic mass is 10.0. The molecule has 0 aliphatic rings. The number of Topliss-reactive ketones (excluding diaryl/α,β-unsaturated/α-hetero) is 1. The number of rotatable bonds is 8. The average molecular weight is 418 g/mol. The van der Waals surface area contributed by atoms with Crippen LogP contribution in [0.25, 0.3) is 16.8 Å². The van der Waals surface area contributed by atoms with Crippen molar-refractivity contribution in [3.05, 3.63) is 77.8 Å². The summed E-state index contributed by atoms with van der Waals surface area (Å²) in [6.07, 6.45) is 7.07. The molecule has 0 saturated heterocycles. The number of methoxy groups -OCH3 is 1. The minimum atomic E-state index is -0.277. The molecule has 7 heteroatoms. The molecule has 31 heavy (non-hydrogen) atoms. The zero-order chi connectivity index (χ0) is 21.8. The molecule has 0 fully saturated rings. The van der Waals surface area contributed by atoms with Gasteiger partial charge in [-0.2, -0.15) is 0 Å². The fraction of sp³-hybridized carbons (Fsp3) is 0.250. The van der Waals surface area contributed by atoms with Gasteiger partial charge in [0.2, 0.25) is 0 Å². The lowest BCUT2D eigenvalue weighted by molar-refractivity contribution is -0.118. The first kappa shape index (κ1) is 20.7. The van der Waals surface area contributed by atoms with Crippen molar-refractivity contribution in [2.45, 2.75) is 32.6 Å². The summed E-state index contributed by atoms with van der Waals surface area (Å²) in [6.45, 7) is 1.86. The van der Waals surface area contributed by atoms with E-state index in [9.17, 15) is 9.18 Å². The predicted molar refractivity (Wildman–Crippen MR) is 116 cm³/mol. The van der Waals surface area contributed by atoms with Crippen LogP contribution >= 0.6 is 0 Å². The van der Waals surface area contributed by atoms with Gasteiger partial charge in [-0.3, -0.25) is 14.2 Å². The van der Waals surface area contributed by atoms with E-state index < -0.39 is 0 Å². The Bertz CT molecular complexity index is 1240. The van der Waals surface area contributed by atoms with Gasteiger partial charge in [-0.25, -0.2) is 4.39 Å². The molecule has 3 aromatic heterocycles. The van der Waals surface area contributed by atoms with Gasteiger partial charge >= 0.3 is 0 Å². The third kappa shape index (κ3) is 4.30. The zero-order valence-electron chi connectivity index (χ0n) is 17.5. The summed E-state index contributed by atoms with van der Waals surface area (Å²) in [5, 5.41) is 8.37. The van der Waals surface area contributed by atoms with Gasteiger partial charge in [-0.05, 0) is 48.7 Å². The number of ketones is 1. The van der Waals surface area contributed by atoms with Crippen LogP contribution in [0.4, 0.5) is 4.39 Å². The predicted octanol–water partition coefficient (Wildman–Crippen LogP) is 4.25. The van der Waals surface area contributed by atoms with Crippen molar-refractivity contribution in [1.29, 1.82) is 0 Å². The average Bonchev–Trinajstić information content (AvgIpc) is 3.28. The number of pyridine rings is 2. The summed E-state index contributed by atoms with van der Waals surface area (Å²) in [5.74, 6) is 0.437. The molecule has 0 bridgehead atoms. The number of halogens is 1. The third-order valence-electron chi connectivity index (χ3n) is 5.37.